The summed E-state index contributed by atoms with van der Waals surface area (Å²) >= 11 is 1.63. The van der Waals surface area contributed by atoms with Crippen molar-refractivity contribution >= 4 is 29.6 Å². The number of hydrazine groups is 1. The quantitative estimate of drug-likeness (QED) is 0.543. The molecule has 0 spiro atoms. The van der Waals surface area contributed by atoms with Gasteiger partial charge < -0.3 is 15.1 Å². The Labute approximate surface area is 222 Å². The molecule has 37 heavy (non-hydrogen) atoms. The minimum Gasteiger partial charge on any atom is -0.333 e. The van der Waals surface area contributed by atoms with Crippen LogP contribution in [0.25, 0.3) is 0 Å². The molecule has 2 aliphatic rings. The standard InChI is InChI=1S/C28H33N5O3S/c1-4-16-30-20-26(34)32-24(15-17-37-3)27(35)31(21(2)23-13-9-6-10-14-23)19-25(32)33(30)28(36)29-18-22-11-7-5-8-12-22/h1,5-14,21,24-25H,15-20H2,2-3H3,(H,29,36)/t21-,24-,25-/m0/s1. The fourth-order valence-electron chi connectivity index (χ4n) is 5.02. The number of benzene rings is 2. The van der Waals surface area contributed by atoms with Gasteiger partial charge in [0.2, 0.25) is 11.8 Å². The van der Waals surface area contributed by atoms with Crippen LogP contribution in [0.4, 0.5) is 4.79 Å². The topological polar surface area (TPSA) is 76.2 Å². The van der Waals surface area contributed by atoms with Crippen molar-refractivity contribution in [3.8, 4) is 12.3 Å². The molecule has 9 heteroatoms. The number of rotatable bonds is 8. The number of carbonyl (C=O) groups is 3. The van der Waals surface area contributed by atoms with Gasteiger partial charge in [-0.2, -0.15) is 16.8 Å². The van der Waals surface area contributed by atoms with E-state index in [4.69, 9.17) is 6.42 Å². The molecule has 2 aromatic carbocycles. The van der Waals surface area contributed by atoms with E-state index in [2.05, 4.69) is 11.2 Å². The van der Waals surface area contributed by atoms with E-state index in [0.29, 0.717) is 13.0 Å². The van der Waals surface area contributed by atoms with E-state index in [-0.39, 0.29) is 43.5 Å². The predicted octanol–water partition coefficient (Wildman–Crippen LogP) is 2.94. The molecule has 4 amide bonds. The van der Waals surface area contributed by atoms with Crippen LogP contribution in [0.3, 0.4) is 0 Å². The van der Waals surface area contributed by atoms with E-state index in [0.717, 1.165) is 16.9 Å². The van der Waals surface area contributed by atoms with Gasteiger partial charge in [-0.1, -0.05) is 66.6 Å². The Hall–Kier alpha value is -3.48. The first-order valence-electron chi connectivity index (χ1n) is 12.4. The first kappa shape index (κ1) is 26.6. The number of nitrogens with zero attached hydrogens (tertiary/aromatic N) is 4. The molecule has 1 N–H and O–H groups in total. The molecular weight excluding hydrogens is 486 g/mol. The van der Waals surface area contributed by atoms with Crippen LogP contribution < -0.4 is 5.32 Å². The summed E-state index contributed by atoms with van der Waals surface area (Å²) in [5.74, 6) is 3.00. The van der Waals surface area contributed by atoms with Gasteiger partial charge >= 0.3 is 6.03 Å². The summed E-state index contributed by atoms with van der Waals surface area (Å²) in [6, 6.07) is 18.2. The van der Waals surface area contributed by atoms with Crippen molar-refractivity contribution in [3.63, 3.8) is 0 Å². The number of terminal acetylenes is 1. The van der Waals surface area contributed by atoms with Crippen molar-refractivity contribution in [1.82, 2.24) is 25.1 Å². The lowest BCUT2D eigenvalue weighted by Gasteiger charge is -2.55. The molecule has 0 unspecified atom stereocenters. The lowest BCUT2D eigenvalue weighted by Crippen LogP contribution is -2.76. The molecule has 2 saturated heterocycles. The average molecular weight is 520 g/mol. The van der Waals surface area contributed by atoms with Gasteiger partial charge in [-0.25, -0.2) is 9.80 Å². The third kappa shape index (κ3) is 5.76. The van der Waals surface area contributed by atoms with Gasteiger partial charge in [0, 0.05) is 6.54 Å². The van der Waals surface area contributed by atoms with Crippen LogP contribution in [-0.4, -0.2) is 81.5 Å². The molecular formula is C28H33N5O3S. The number of thioether (sulfide) groups is 1. The Balaban J connectivity index is 1.68. The van der Waals surface area contributed by atoms with Crippen molar-refractivity contribution in [3.05, 3.63) is 71.8 Å². The summed E-state index contributed by atoms with van der Waals surface area (Å²) in [7, 11) is 0. The fourth-order valence-corrected chi connectivity index (χ4v) is 5.48. The molecule has 2 aliphatic heterocycles. The maximum atomic E-state index is 13.8. The molecule has 0 radical (unpaired) electrons. The monoisotopic (exact) mass is 519 g/mol. The zero-order valence-corrected chi connectivity index (χ0v) is 22.1. The summed E-state index contributed by atoms with van der Waals surface area (Å²) in [5, 5.41) is 6.14. The van der Waals surface area contributed by atoms with E-state index in [1.54, 1.807) is 31.6 Å². The van der Waals surface area contributed by atoms with E-state index in [9.17, 15) is 14.4 Å². The highest BCUT2D eigenvalue weighted by atomic mass is 32.2. The molecule has 8 nitrogen and oxygen atoms in total. The Morgan fingerprint density at radius 1 is 1.14 bits per heavy atom. The van der Waals surface area contributed by atoms with Crippen LogP contribution in [0.2, 0.25) is 0 Å². The fraction of sp³-hybridized carbons (Fsp3) is 0.393. The zero-order chi connectivity index (χ0) is 26.4. The molecule has 4 rings (SSSR count). The molecule has 2 aromatic rings. The highest BCUT2D eigenvalue weighted by molar-refractivity contribution is 7.98. The lowest BCUT2D eigenvalue weighted by atomic mass is 9.99. The van der Waals surface area contributed by atoms with Gasteiger partial charge in [0.1, 0.15) is 12.2 Å². The SMILES string of the molecule is C#CCN1CC(=O)N2[C@@H](CCSC)C(=O)N([C@@H](C)c3ccccc3)C[C@@H]2N1C(=O)NCc1ccccc1. The molecule has 194 valence electrons. The molecule has 0 saturated carbocycles. The summed E-state index contributed by atoms with van der Waals surface area (Å²) in [4.78, 5) is 44.2. The highest BCUT2D eigenvalue weighted by Crippen LogP contribution is 2.33. The van der Waals surface area contributed by atoms with Crippen LogP contribution in [0.5, 0.6) is 0 Å². The van der Waals surface area contributed by atoms with Crippen LogP contribution in [0.15, 0.2) is 60.7 Å². The maximum Gasteiger partial charge on any atom is 0.334 e. The third-order valence-corrected chi connectivity index (χ3v) is 7.54. The van der Waals surface area contributed by atoms with E-state index >= 15 is 0 Å². The van der Waals surface area contributed by atoms with Gasteiger partial charge in [0.15, 0.2) is 0 Å². The van der Waals surface area contributed by atoms with Gasteiger partial charge in [0.25, 0.3) is 0 Å². The van der Waals surface area contributed by atoms with Crippen LogP contribution in [0.1, 0.15) is 30.5 Å². The smallest absolute Gasteiger partial charge is 0.333 e. The first-order valence-corrected chi connectivity index (χ1v) is 13.8. The molecule has 2 fully saturated rings. The van der Waals surface area contributed by atoms with E-state index in [1.807, 2.05) is 73.8 Å². The number of urea groups is 1. The summed E-state index contributed by atoms with van der Waals surface area (Å²) in [6.45, 7) is 2.55. The molecule has 3 atom stereocenters. The minimum absolute atomic E-state index is 0.0588. The third-order valence-electron chi connectivity index (χ3n) is 6.89. The number of nitrogens with one attached hydrogen (secondary N) is 1. The number of fused-ring (bicyclic) bond motifs is 1. The Bertz CT molecular complexity index is 1140. The first-order chi connectivity index (χ1) is 18.0. The van der Waals surface area contributed by atoms with Crippen LogP contribution >= 0.6 is 11.8 Å². The van der Waals surface area contributed by atoms with Crippen molar-refractivity contribution < 1.29 is 14.4 Å². The summed E-state index contributed by atoms with van der Waals surface area (Å²) in [6.07, 6.45) is 7.45. The van der Waals surface area contributed by atoms with Crippen LogP contribution in [0, 0.1) is 12.3 Å². The Morgan fingerprint density at radius 3 is 2.46 bits per heavy atom. The van der Waals surface area contributed by atoms with Crippen molar-refractivity contribution in [2.24, 2.45) is 0 Å². The van der Waals surface area contributed by atoms with E-state index < -0.39 is 12.2 Å². The second kappa shape index (κ2) is 12.2. The number of hydrogen-bond donors (Lipinski definition) is 1. The molecule has 2 heterocycles. The zero-order valence-electron chi connectivity index (χ0n) is 21.2. The minimum atomic E-state index is -0.666. The average Bonchev–Trinajstić information content (AvgIpc) is 2.92. The van der Waals surface area contributed by atoms with Crippen LogP contribution in [-0.2, 0) is 16.1 Å². The Kier molecular flexibility index (Phi) is 8.74. The predicted molar refractivity (Wildman–Crippen MR) is 145 cm³/mol. The number of carbonyl (C=O) groups excluding carboxylic acids is 3. The maximum absolute atomic E-state index is 13.8. The molecule has 0 aliphatic carbocycles. The largest absolute Gasteiger partial charge is 0.334 e. The summed E-state index contributed by atoms with van der Waals surface area (Å²) < 4.78 is 0. The van der Waals surface area contributed by atoms with Crippen molar-refractivity contribution in [1.29, 1.82) is 0 Å². The molecule has 0 bridgehead atoms. The number of amides is 4. The van der Waals surface area contributed by atoms with E-state index in [1.165, 1.54) is 0 Å². The summed E-state index contributed by atoms with van der Waals surface area (Å²) in [5.41, 5.74) is 1.95. The van der Waals surface area contributed by atoms with Crippen molar-refractivity contribution in [2.45, 2.75) is 38.1 Å². The van der Waals surface area contributed by atoms with Crippen molar-refractivity contribution in [2.75, 3.05) is 31.6 Å². The second-order valence-electron chi connectivity index (χ2n) is 9.17. The number of piperazine rings is 1. The normalized spacial score (nSPS) is 20.8. The van der Waals surface area contributed by atoms with Gasteiger partial charge in [-0.3, -0.25) is 9.59 Å². The van der Waals surface area contributed by atoms with Gasteiger partial charge in [0.05, 0.1) is 25.7 Å². The Morgan fingerprint density at radius 2 is 1.81 bits per heavy atom. The number of hydrogen-bond acceptors (Lipinski definition) is 5. The molecule has 0 aromatic heterocycles. The highest BCUT2D eigenvalue weighted by Gasteiger charge is 2.51. The van der Waals surface area contributed by atoms with Gasteiger partial charge in [-0.15, -0.1) is 6.42 Å². The second-order valence-corrected chi connectivity index (χ2v) is 10.2. The lowest BCUT2D eigenvalue weighted by molar-refractivity contribution is -0.191. The van der Waals surface area contributed by atoms with Gasteiger partial charge in [-0.05, 0) is 36.5 Å².